The van der Waals surface area contributed by atoms with Gasteiger partial charge in [0.1, 0.15) is 17.2 Å². The Morgan fingerprint density at radius 1 is 1.00 bits per heavy atom. The standard InChI is InChI=1S/C21H15N3O5/c25-20-18(22-21(26)23(20)13-14-4-2-1-3-5-14)12-17-10-11-19(29-17)15-6-8-16(9-7-15)24(27)28/h1-12H,13H2,(H,22,26)/b18-12+. The molecule has 1 fully saturated rings. The van der Waals surface area contributed by atoms with Crippen molar-refractivity contribution in [3.05, 3.63) is 93.9 Å². The van der Waals surface area contributed by atoms with Crippen molar-refractivity contribution in [1.82, 2.24) is 10.2 Å². The smallest absolute Gasteiger partial charge is 0.329 e. The third kappa shape index (κ3) is 3.77. The second kappa shape index (κ2) is 7.43. The number of furan rings is 1. The van der Waals surface area contributed by atoms with Gasteiger partial charge >= 0.3 is 6.03 Å². The number of amides is 3. The van der Waals surface area contributed by atoms with Gasteiger partial charge in [0, 0.05) is 23.8 Å². The molecule has 3 amide bonds. The monoisotopic (exact) mass is 389 g/mol. The van der Waals surface area contributed by atoms with E-state index in [1.165, 1.54) is 18.2 Å². The van der Waals surface area contributed by atoms with Crippen LogP contribution in [0.3, 0.4) is 0 Å². The fourth-order valence-corrected chi connectivity index (χ4v) is 2.96. The van der Waals surface area contributed by atoms with Gasteiger partial charge in [0.2, 0.25) is 0 Å². The number of benzene rings is 2. The molecule has 29 heavy (non-hydrogen) atoms. The zero-order valence-corrected chi connectivity index (χ0v) is 15.1. The van der Waals surface area contributed by atoms with Crippen LogP contribution in [0.25, 0.3) is 17.4 Å². The van der Waals surface area contributed by atoms with E-state index < -0.39 is 16.9 Å². The Morgan fingerprint density at radius 2 is 1.72 bits per heavy atom. The third-order valence-corrected chi connectivity index (χ3v) is 4.42. The number of nitrogens with one attached hydrogen (secondary N) is 1. The predicted octanol–water partition coefficient (Wildman–Crippen LogP) is 3.95. The average Bonchev–Trinajstić information content (AvgIpc) is 3.29. The van der Waals surface area contributed by atoms with Crippen molar-refractivity contribution in [3.63, 3.8) is 0 Å². The molecular weight excluding hydrogens is 374 g/mol. The number of nitrogens with zero attached hydrogens (tertiary/aromatic N) is 2. The van der Waals surface area contributed by atoms with Gasteiger partial charge < -0.3 is 9.73 Å². The molecule has 4 rings (SSSR count). The number of non-ortho nitro benzene ring substituents is 1. The Morgan fingerprint density at radius 3 is 2.41 bits per heavy atom. The van der Waals surface area contributed by atoms with Gasteiger partial charge in [-0.05, 0) is 29.8 Å². The molecule has 1 aliphatic rings. The first-order valence-corrected chi connectivity index (χ1v) is 8.74. The molecule has 8 nitrogen and oxygen atoms in total. The fourth-order valence-electron chi connectivity index (χ4n) is 2.96. The van der Waals surface area contributed by atoms with Crippen LogP contribution >= 0.6 is 0 Å². The van der Waals surface area contributed by atoms with Crippen LogP contribution in [-0.4, -0.2) is 21.8 Å². The second-order valence-electron chi connectivity index (χ2n) is 6.37. The summed E-state index contributed by atoms with van der Waals surface area (Å²) in [6.45, 7) is 0.176. The van der Waals surface area contributed by atoms with Crippen LogP contribution in [-0.2, 0) is 11.3 Å². The van der Waals surface area contributed by atoms with Gasteiger partial charge in [0.05, 0.1) is 11.5 Å². The molecular formula is C21H15N3O5. The van der Waals surface area contributed by atoms with E-state index in [4.69, 9.17) is 4.42 Å². The molecule has 1 aromatic heterocycles. The zero-order valence-electron chi connectivity index (χ0n) is 15.1. The van der Waals surface area contributed by atoms with Crippen molar-refractivity contribution in [2.24, 2.45) is 0 Å². The van der Waals surface area contributed by atoms with Crippen LogP contribution in [0.4, 0.5) is 10.5 Å². The normalized spacial score (nSPS) is 15.0. The molecule has 1 N–H and O–H groups in total. The second-order valence-corrected chi connectivity index (χ2v) is 6.37. The van der Waals surface area contributed by atoms with Crippen LogP contribution in [0.5, 0.6) is 0 Å². The van der Waals surface area contributed by atoms with Gasteiger partial charge in [-0.1, -0.05) is 30.3 Å². The summed E-state index contributed by atoms with van der Waals surface area (Å²) < 4.78 is 5.70. The summed E-state index contributed by atoms with van der Waals surface area (Å²) in [6.07, 6.45) is 1.46. The minimum Gasteiger partial charge on any atom is -0.457 e. The lowest BCUT2D eigenvalue weighted by Gasteiger charge is -2.11. The van der Waals surface area contributed by atoms with Crippen LogP contribution in [0.2, 0.25) is 0 Å². The van der Waals surface area contributed by atoms with Gasteiger partial charge in [0.15, 0.2) is 0 Å². The minimum absolute atomic E-state index is 0.0135. The SMILES string of the molecule is O=C1N/C(=C/c2ccc(-c3ccc([N+](=O)[O-])cc3)o2)C(=O)N1Cc1ccccc1. The summed E-state index contributed by atoms with van der Waals surface area (Å²) in [4.78, 5) is 36.1. The first-order valence-electron chi connectivity index (χ1n) is 8.74. The third-order valence-electron chi connectivity index (χ3n) is 4.42. The van der Waals surface area contributed by atoms with E-state index in [0.717, 1.165) is 10.5 Å². The minimum atomic E-state index is -0.493. The number of nitro groups is 1. The number of urea groups is 1. The van der Waals surface area contributed by atoms with Gasteiger partial charge in [-0.3, -0.25) is 19.8 Å². The number of hydrogen-bond donors (Lipinski definition) is 1. The first kappa shape index (κ1) is 18.2. The van der Waals surface area contributed by atoms with E-state index in [2.05, 4.69) is 5.32 Å². The molecule has 0 radical (unpaired) electrons. The molecule has 0 spiro atoms. The summed E-state index contributed by atoms with van der Waals surface area (Å²) in [5.74, 6) is 0.431. The summed E-state index contributed by atoms with van der Waals surface area (Å²) >= 11 is 0. The predicted molar refractivity (Wildman–Crippen MR) is 104 cm³/mol. The fraction of sp³-hybridized carbons (Fsp3) is 0.0476. The Hall–Kier alpha value is -4.20. The van der Waals surface area contributed by atoms with E-state index >= 15 is 0 Å². The topological polar surface area (TPSA) is 106 Å². The zero-order chi connectivity index (χ0) is 20.4. The highest BCUT2D eigenvalue weighted by Crippen LogP contribution is 2.26. The van der Waals surface area contributed by atoms with Crippen molar-refractivity contribution >= 4 is 23.7 Å². The lowest BCUT2D eigenvalue weighted by molar-refractivity contribution is -0.384. The van der Waals surface area contributed by atoms with Crippen LogP contribution in [0.15, 0.2) is 76.8 Å². The Bertz CT molecular complexity index is 1120. The number of nitro benzene ring substituents is 1. The maximum absolute atomic E-state index is 12.6. The van der Waals surface area contributed by atoms with Crippen molar-refractivity contribution in [2.45, 2.75) is 6.54 Å². The number of imide groups is 1. The number of hydrogen-bond acceptors (Lipinski definition) is 5. The summed E-state index contributed by atoms with van der Waals surface area (Å²) in [5, 5.41) is 13.3. The lowest BCUT2D eigenvalue weighted by atomic mass is 10.1. The molecule has 144 valence electrons. The molecule has 0 aliphatic carbocycles. The quantitative estimate of drug-likeness (QED) is 0.308. The molecule has 1 aliphatic heterocycles. The highest BCUT2D eigenvalue weighted by molar-refractivity contribution is 6.13. The maximum Gasteiger partial charge on any atom is 0.329 e. The van der Waals surface area contributed by atoms with Crippen molar-refractivity contribution < 1.29 is 18.9 Å². The number of rotatable bonds is 5. The van der Waals surface area contributed by atoms with E-state index in [1.54, 1.807) is 24.3 Å². The largest absolute Gasteiger partial charge is 0.457 e. The molecule has 0 bridgehead atoms. The summed E-state index contributed by atoms with van der Waals surface area (Å²) in [5.41, 5.74) is 1.61. The molecule has 2 heterocycles. The van der Waals surface area contributed by atoms with E-state index in [-0.39, 0.29) is 17.9 Å². The van der Waals surface area contributed by atoms with Crippen molar-refractivity contribution in [1.29, 1.82) is 0 Å². The molecule has 1 saturated heterocycles. The molecule has 3 aromatic rings. The van der Waals surface area contributed by atoms with Crippen LogP contribution in [0, 0.1) is 10.1 Å². The van der Waals surface area contributed by atoms with Gasteiger partial charge in [-0.2, -0.15) is 0 Å². The summed E-state index contributed by atoms with van der Waals surface area (Å²) in [7, 11) is 0. The van der Waals surface area contributed by atoms with E-state index in [9.17, 15) is 19.7 Å². The highest BCUT2D eigenvalue weighted by Gasteiger charge is 2.33. The van der Waals surface area contributed by atoms with Crippen molar-refractivity contribution in [2.75, 3.05) is 0 Å². The number of carbonyl (C=O) groups excluding carboxylic acids is 2. The van der Waals surface area contributed by atoms with Gasteiger partial charge in [0.25, 0.3) is 11.6 Å². The molecule has 2 aromatic carbocycles. The molecule has 0 atom stereocenters. The average molecular weight is 389 g/mol. The van der Waals surface area contributed by atoms with E-state index in [1.807, 2.05) is 30.3 Å². The molecule has 0 saturated carbocycles. The lowest BCUT2D eigenvalue weighted by Crippen LogP contribution is -2.30. The first-order chi connectivity index (χ1) is 14.0. The maximum atomic E-state index is 12.6. The highest BCUT2D eigenvalue weighted by atomic mass is 16.6. The summed E-state index contributed by atoms with van der Waals surface area (Å²) in [6, 6.07) is 18.0. The molecule has 8 heteroatoms. The Kier molecular flexibility index (Phi) is 4.66. The molecule has 0 unspecified atom stereocenters. The van der Waals surface area contributed by atoms with Crippen molar-refractivity contribution in [3.8, 4) is 11.3 Å². The van der Waals surface area contributed by atoms with E-state index in [0.29, 0.717) is 17.1 Å². The number of carbonyl (C=O) groups is 2. The Labute approximate surface area is 165 Å². The van der Waals surface area contributed by atoms with Gasteiger partial charge in [-0.15, -0.1) is 0 Å². The Balaban J connectivity index is 1.52. The van der Waals surface area contributed by atoms with Gasteiger partial charge in [-0.25, -0.2) is 4.79 Å². The van der Waals surface area contributed by atoms with Crippen LogP contribution < -0.4 is 5.32 Å². The van der Waals surface area contributed by atoms with Crippen LogP contribution in [0.1, 0.15) is 11.3 Å².